The second kappa shape index (κ2) is 8.06. The molecule has 1 heterocycles. The van der Waals surface area contributed by atoms with Gasteiger partial charge in [0.1, 0.15) is 23.7 Å². The van der Waals surface area contributed by atoms with Crippen LogP contribution in [-0.4, -0.2) is 31.3 Å². The molecule has 0 spiro atoms. The van der Waals surface area contributed by atoms with Crippen LogP contribution in [0.5, 0.6) is 17.2 Å². The third kappa shape index (κ3) is 4.13. The summed E-state index contributed by atoms with van der Waals surface area (Å²) in [5, 5.41) is 6.46. The summed E-state index contributed by atoms with van der Waals surface area (Å²) in [6.07, 6.45) is 1.49. The van der Waals surface area contributed by atoms with Gasteiger partial charge in [0.25, 0.3) is 0 Å². The molecule has 0 aliphatic rings. The number of aromatic nitrogens is 2. The topological polar surface area (TPSA) is 77.5 Å². The Kier molecular flexibility index (Phi) is 5.38. The number of hydrogen-bond acceptors (Lipinski definition) is 7. The number of nitrogens with zero attached hydrogens (tertiary/aromatic N) is 2. The number of benzene rings is 2. The van der Waals surface area contributed by atoms with Gasteiger partial charge in [0.2, 0.25) is 0 Å². The Morgan fingerprint density at radius 2 is 1.27 bits per heavy atom. The first-order chi connectivity index (χ1) is 12.7. The highest BCUT2D eigenvalue weighted by Crippen LogP contribution is 2.31. The summed E-state index contributed by atoms with van der Waals surface area (Å²) < 4.78 is 15.7. The fourth-order valence-corrected chi connectivity index (χ4v) is 2.38. The molecule has 0 atom stereocenters. The molecule has 7 nitrogen and oxygen atoms in total. The SMILES string of the molecule is COc1ccc(Nc2cc(Nc3ccc(OC)c(OC)c3)ncn2)cc1. The van der Waals surface area contributed by atoms with Crippen molar-refractivity contribution in [3.05, 3.63) is 54.9 Å². The fourth-order valence-electron chi connectivity index (χ4n) is 2.38. The lowest BCUT2D eigenvalue weighted by molar-refractivity contribution is 0.355. The molecule has 0 aliphatic carbocycles. The van der Waals surface area contributed by atoms with Crippen molar-refractivity contribution in [3.63, 3.8) is 0 Å². The van der Waals surface area contributed by atoms with E-state index in [2.05, 4.69) is 20.6 Å². The molecule has 0 amide bonds. The Hall–Kier alpha value is -3.48. The number of rotatable bonds is 7. The van der Waals surface area contributed by atoms with Crippen molar-refractivity contribution >= 4 is 23.0 Å². The maximum Gasteiger partial charge on any atom is 0.162 e. The van der Waals surface area contributed by atoms with Crippen molar-refractivity contribution < 1.29 is 14.2 Å². The standard InChI is InChI=1S/C19H20N4O3/c1-24-15-7-4-13(5-8-15)22-18-11-19(21-12-20-18)23-14-6-9-16(25-2)17(10-14)26-3/h4-12H,1-3H3,(H2,20,21,22,23). The fraction of sp³-hybridized carbons (Fsp3) is 0.158. The van der Waals surface area contributed by atoms with Gasteiger partial charge in [0, 0.05) is 23.5 Å². The van der Waals surface area contributed by atoms with Gasteiger partial charge in [-0.3, -0.25) is 0 Å². The predicted octanol–water partition coefficient (Wildman–Crippen LogP) is 3.99. The summed E-state index contributed by atoms with van der Waals surface area (Å²) in [7, 11) is 4.84. The monoisotopic (exact) mass is 352 g/mol. The summed E-state index contributed by atoms with van der Waals surface area (Å²) in [5.41, 5.74) is 1.73. The quantitative estimate of drug-likeness (QED) is 0.666. The molecule has 2 N–H and O–H groups in total. The maximum atomic E-state index is 5.32. The molecule has 0 unspecified atom stereocenters. The van der Waals surface area contributed by atoms with Crippen LogP contribution in [0.4, 0.5) is 23.0 Å². The molecular formula is C19H20N4O3. The van der Waals surface area contributed by atoms with E-state index in [9.17, 15) is 0 Å². The highest BCUT2D eigenvalue weighted by atomic mass is 16.5. The zero-order chi connectivity index (χ0) is 18.4. The summed E-state index contributed by atoms with van der Waals surface area (Å²) in [6.45, 7) is 0. The molecule has 3 aromatic rings. The second-order valence-corrected chi connectivity index (χ2v) is 5.34. The highest BCUT2D eigenvalue weighted by Gasteiger charge is 2.06. The molecule has 0 aliphatic heterocycles. The van der Waals surface area contributed by atoms with Gasteiger partial charge in [-0.1, -0.05) is 0 Å². The number of ether oxygens (including phenoxy) is 3. The predicted molar refractivity (Wildman–Crippen MR) is 101 cm³/mol. The molecular weight excluding hydrogens is 332 g/mol. The Balaban J connectivity index is 1.74. The first kappa shape index (κ1) is 17.3. The lowest BCUT2D eigenvalue weighted by Gasteiger charge is -2.12. The zero-order valence-corrected chi connectivity index (χ0v) is 14.8. The molecule has 0 saturated carbocycles. The summed E-state index contributed by atoms with van der Waals surface area (Å²) in [5.74, 6) is 3.44. The van der Waals surface area contributed by atoms with Crippen LogP contribution in [0.1, 0.15) is 0 Å². The molecule has 3 rings (SSSR count). The molecule has 0 saturated heterocycles. The van der Waals surface area contributed by atoms with Gasteiger partial charge >= 0.3 is 0 Å². The molecule has 134 valence electrons. The second-order valence-electron chi connectivity index (χ2n) is 5.34. The summed E-state index contributed by atoms with van der Waals surface area (Å²) in [6, 6.07) is 15.0. The molecule has 26 heavy (non-hydrogen) atoms. The zero-order valence-electron chi connectivity index (χ0n) is 14.8. The molecule has 0 fully saturated rings. The van der Waals surface area contributed by atoms with Crippen LogP contribution < -0.4 is 24.8 Å². The van der Waals surface area contributed by atoms with Crippen LogP contribution in [-0.2, 0) is 0 Å². The van der Waals surface area contributed by atoms with E-state index in [-0.39, 0.29) is 0 Å². The van der Waals surface area contributed by atoms with E-state index in [1.165, 1.54) is 6.33 Å². The van der Waals surface area contributed by atoms with E-state index >= 15 is 0 Å². The molecule has 0 bridgehead atoms. The summed E-state index contributed by atoms with van der Waals surface area (Å²) >= 11 is 0. The van der Waals surface area contributed by atoms with Gasteiger partial charge in [0.15, 0.2) is 11.5 Å². The van der Waals surface area contributed by atoms with E-state index in [0.717, 1.165) is 17.1 Å². The minimum atomic E-state index is 0.642. The normalized spacial score (nSPS) is 10.1. The molecule has 1 aromatic heterocycles. The van der Waals surface area contributed by atoms with Crippen LogP contribution in [0.2, 0.25) is 0 Å². The van der Waals surface area contributed by atoms with Gasteiger partial charge in [0.05, 0.1) is 21.3 Å². The van der Waals surface area contributed by atoms with E-state index < -0.39 is 0 Å². The van der Waals surface area contributed by atoms with E-state index in [4.69, 9.17) is 14.2 Å². The number of nitrogens with one attached hydrogen (secondary N) is 2. The van der Waals surface area contributed by atoms with Crippen molar-refractivity contribution in [1.29, 1.82) is 0 Å². The smallest absolute Gasteiger partial charge is 0.162 e. The van der Waals surface area contributed by atoms with Gasteiger partial charge in [-0.05, 0) is 36.4 Å². The van der Waals surface area contributed by atoms with E-state index in [1.54, 1.807) is 21.3 Å². The Morgan fingerprint density at radius 1 is 0.654 bits per heavy atom. The Labute approximate surface area is 152 Å². The number of hydrogen-bond donors (Lipinski definition) is 2. The van der Waals surface area contributed by atoms with E-state index in [0.29, 0.717) is 23.1 Å². The minimum absolute atomic E-state index is 0.642. The van der Waals surface area contributed by atoms with Crippen LogP contribution in [0.15, 0.2) is 54.9 Å². The lowest BCUT2D eigenvalue weighted by Crippen LogP contribution is -1.99. The van der Waals surface area contributed by atoms with Gasteiger partial charge in [-0.25, -0.2) is 9.97 Å². The van der Waals surface area contributed by atoms with Gasteiger partial charge in [-0.2, -0.15) is 0 Å². The van der Waals surface area contributed by atoms with Gasteiger partial charge < -0.3 is 24.8 Å². The molecule has 2 aromatic carbocycles. The summed E-state index contributed by atoms with van der Waals surface area (Å²) in [4.78, 5) is 8.49. The van der Waals surface area contributed by atoms with E-state index in [1.807, 2.05) is 48.5 Å². The van der Waals surface area contributed by atoms with Crippen molar-refractivity contribution in [3.8, 4) is 17.2 Å². The van der Waals surface area contributed by atoms with Crippen LogP contribution >= 0.6 is 0 Å². The maximum absolute atomic E-state index is 5.32. The first-order valence-electron chi connectivity index (χ1n) is 7.94. The van der Waals surface area contributed by atoms with Crippen LogP contribution in [0, 0.1) is 0 Å². The minimum Gasteiger partial charge on any atom is -0.497 e. The number of anilines is 4. The average Bonchev–Trinajstić information content (AvgIpc) is 2.69. The van der Waals surface area contributed by atoms with Crippen molar-refractivity contribution in [2.45, 2.75) is 0 Å². The van der Waals surface area contributed by atoms with Crippen LogP contribution in [0.25, 0.3) is 0 Å². The first-order valence-corrected chi connectivity index (χ1v) is 7.94. The van der Waals surface area contributed by atoms with Crippen molar-refractivity contribution in [2.75, 3.05) is 32.0 Å². The van der Waals surface area contributed by atoms with Crippen LogP contribution in [0.3, 0.4) is 0 Å². The average molecular weight is 352 g/mol. The Morgan fingerprint density at radius 3 is 1.88 bits per heavy atom. The third-order valence-corrected chi connectivity index (χ3v) is 3.69. The largest absolute Gasteiger partial charge is 0.497 e. The van der Waals surface area contributed by atoms with Crippen molar-refractivity contribution in [2.24, 2.45) is 0 Å². The lowest BCUT2D eigenvalue weighted by atomic mass is 10.2. The number of methoxy groups -OCH3 is 3. The van der Waals surface area contributed by atoms with Gasteiger partial charge in [-0.15, -0.1) is 0 Å². The highest BCUT2D eigenvalue weighted by molar-refractivity contribution is 5.65. The molecule has 0 radical (unpaired) electrons. The third-order valence-electron chi connectivity index (χ3n) is 3.69. The molecule has 7 heteroatoms. The Bertz CT molecular complexity index is 869. The van der Waals surface area contributed by atoms with Crippen molar-refractivity contribution in [1.82, 2.24) is 9.97 Å².